The smallest absolute Gasteiger partial charge is 0.254 e. The van der Waals surface area contributed by atoms with Crippen molar-refractivity contribution >= 4 is 11.7 Å². The summed E-state index contributed by atoms with van der Waals surface area (Å²) < 4.78 is 0. The number of amides is 1. The van der Waals surface area contributed by atoms with Crippen LogP contribution in [0.2, 0.25) is 0 Å². The van der Waals surface area contributed by atoms with Crippen LogP contribution >= 0.6 is 0 Å². The first kappa shape index (κ1) is 10.9. The molecule has 1 N–H and O–H groups in total. The van der Waals surface area contributed by atoms with Gasteiger partial charge in [-0.1, -0.05) is 6.92 Å². The summed E-state index contributed by atoms with van der Waals surface area (Å²) in [7, 11) is 3.47. The molecule has 1 fully saturated rings. The van der Waals surface area contributed by atoms with Gasteiger partial charge in [-0.05, 0) is 24.5 Å². The normalized spacial score (nSPS) is 22.7. The number of carbonyl (C=O) groups is 1. The van der Waals surface area contributed by atoms with Gasteiger partial charge in [-0.2, -0.15) is 0 Å². The highest BCUT2D eigenvalue weighted by atomic mass is 16.2. The lowest BCUT2D eigenvalue weighted by atomic mass is 10.2. The number of anilines is 1. The van der Waals surface area contributed by atoms with Gasteiger partial charge >= 0.3 is 0 Å². The molecule has 1 saturated carbocycles. The number of carbonyl (C=O) groups excluding carboxylic acids is 1. The van der Waals surface area contributed by atoms with Crippen molar-refractivity contribution in [3.8, 4) is 0 Å². The predicted octanol–water partition coefficient (Wildman–Crippen LogP) is 1.60. The van der Waals surface area contributed by atoms with Gasteiger partial charge in [0.05, 0.1) is 5.56 Å². The molecule has 16 heavy (non-hydrogen) atoms. The average Bonchev–Trinajstić information content (AvgIpc) is 2.94. The molecule has 2 rings (SSSR count). The third-order valence-corrected chi connectivity index (χ3v) is 2.86. The van der Waals surface area contributed by atoms with Crippen molar-refractivity contribution < 1.29 is 4.79 Å². The van der Waals surface area contributed by atoms with Crippen molar-refractivity contribution in [2.45, 2.75) is 19.4 Å². The lowest BCUT2D eigenvalue weighted by Gasteiger charge is -2.10. The monoisotopic (exact) mass is 219 g/mol. The Balaban J connectivity index is 2.01. The molecule has 0 bridgehead atoms. The van der Waals surface area contributed by atoms with E-state index in [1.54, 1.807) is 25.2 Å². The van der Waals surface area contributed by atoms with Gasteiger partial charge in [0.1, 0.15) is 5.82 Å². The highest BCUT2D eigenvalue weighted by Gasteiger charge is 2.32. The zero-order valence-electron chi connectivity index (χ0n) is 9.90. The quantitative estimate of drug-likeness (QED) is 0.840. The molecule has 1 aromatic rings. The van der Waals surface area contributed by atoms with Crippen molar-refractivity contribution in [3.05, 3.63) is 23.9 Å². The van der Waals surface area contributed by atoms with Crippen LogP contribution in [-0.4, -0.2) is 35.9 Å². The number of hydrogen-bond acceptors (Lipinski definition) is 3. The average molecular weight is 219 g/mol. The Morgan fingerprint density at radius 3 is 2.62 bits per heavy atom. The fourth-order valence-corrected chi connectivity index (χ4v) is 1.58. The van der Waals surface area contributed by atoms with Crippen LogP contribution in [0, 0.1) is 5.92 Å². The Labute approximate surface area is 95.7 Å². The standard InChI is InChI=1S/C12H17N3O/c1-8-6-10(8)14-11-5-4-9(7-13-11)12(16)15(2)3/h4-5,7-8,10H,6H2,1-3H3,(H,13,14). The maximum Gasteiger partial charge on any atom is 0.254 e. The van der Waals surface area contributed by atoms with Gasteiger partial charge in [0.2, 0.25) is 0 Å². The van der Waals surface area contributed by atoms with Gasteiger partial charge in [0.15, 0.2) is 0 Å². The molecule has 4 nitrogen and oxygen atoms in total. The van der Waals surface area contributed by atoms with E-state index in [9.17, 15) is 4.79 Å². The summed E-state index contributed by atoms with van der Waals surface area (Å²) in [5, 5.41) is 3.32. The molecule has 1 aliphatic carbocycles. The molecule has 2 unspecified atom stereocenters. The third kappa shape index (κ3) is 2.32. The molecule has 1 aromatic heterocycles. The van der Waals surface area contributed by atoms with E-state index in [4.69, 9.17) is 0 Å². The minimum Gasteiger partial charge on any atom is -0.367 e. The van der Waals surface area contributed by atoms with Gasteiger partial charge in [-0.25, -0.2) is 4.98 Å². The Bertz CT molecular complexity index is 386. The summed E-state index contributed by atoms with van der Waals surface area (Å²) >= 11 is 0. The number of rotatable bonds is 3. The second-order valence-electron chi connectivity index (χ2n) is 4.60. The second-order valence-corrected chi connectivity index (χ2v) is 4.60. The molecule has 1 aliphatic rings. The van der Waals surface area contributed by atoms with E-state index in [1.807, 2.05) is 12.1 Å². The molecular weight excluding hydrogens is 202 g/mol. The molecular formula is C12H17N3O. The molecule has 0 aromatic carbocycles. The van der Waals surface area contributed by atoms with Gasteiger partial charge in [-0.3, -0.25) is 4.79 Å². The Morgan fingerprint density at radius 1 is 1.50 bits per heavy atom. The molecule has 86 valence electrons. The lowest BCUT2D eigenvalue weighted by molar-refractivity contribution is 0.0827. The zero-order valence-corrected chi connectivity index (χ0v) is 9.90. The Hall–Kier alpha value is -1.58. The van der Waals surface area contributed by atoms with Crippen molar-refractivity contribution in [2.24, 2.45) is 5.92 Å². The minimum absolute atomic E-state index is 0.0150. The van der Waals surface area contributed by atoms with Gasteiger partial charge in [0, 0.05) is 26.3 Å². The van der Waals surface area contributed by atoms with E-state index in [0.29, 0.717) is 11.6 Å². The minimum atomic E-state index is -0.0150. The van der Waals surface area contributed by atoms with Crippen LogP contribution in [0.1, 0.15) is 23.7 Å². The van der Waals surface area contributed by atoms with Crippen molar-refractivity contribution in [1.29, 1.82) is 0 Å². The van der Waals surface area contributed by atoms with Crippen LogP contribution < -0.4 is 5.32 Å². The van der Waals surface area contributed by atoms with E-state index in [-0.39, 0.29) is 5.91 Å². The van der Waals surface area contributed by atoms with E-state index in [0.717, 1.165) is 11.7 Å². The first-order valence-corrected chi connectivity index (χ1v) is 5.52. The van der Waals surface area contributed by atoms with Crippen LogP contribution in [0.3, 0.4) is 0 Å². The van der Waals surface area contributed by atoms with E-state index < -0.39 is 0 Å². The topological polar surface area (TPSA) is 45.2 Å². The van der Waals surface area contributed by atoms with E-state index >= 15 is 0 Å². The maximum absolute atomic E-state index is 11.6. The van der Waals surface area contributed by atoms with Crippen LogP contribution in [0.4, 0.5) is 5.82 Å². The summed E-state index contributed by atoms with van der Waals surface area (Å²) in [6, 6.07) is 4.23. The summed E-state index contributed by atoms with van der Waals surface area (Å²) in [5.74, 6) is 1.58. The maximum atomic E-state index is 11.6. The van der Waals surface area contributed by atoms with Crippen molar-refractivity contribution in [1.82, 2.24) is 9.88 Å². The molecule has 0 saturated heterocycles. The molecule has 0 aliphatic heterocycles. The van der Waals surface area contributed by atoms with Gasteiger partial charge < -0.3 is 10.2 Å². The fourth-order valence-electron chi connectivity index (χ4n) is 1.58. The first-order chi connectivity index (χ1) is 7.58. The summed E-state index contributed by atoms with van der Waals surface area (Å²) in [4.78, 5) is 17.4. The fraction of sp³-hybridized carbons (Fsp3) is 0.500. The molecule has 0 spiro atoms. The SMILES string of the molecule is CC1CC1Nc1ccc(C(=O)N(C)C)cn1. The highest BCUT2D eigenvalue weighted by molar-refractivity contribution is 5.93. The number of nitrogens with one attached hydrogen (secondary N) is 1. The third-order valence-electron chi connectivity index (χ3n) is 2.86. The summed E-state index contributed by atoms with van der Waals surface area (Å²) in [5.41, 5.74) is 0.624. The van der Waals surface area contributed by atoms with E-state index in [1.165, 1.54) is 6.42 Å². The zero-order chi connectivity index (χ0) is 11.7. The van der Waals surface area contributed by atoms with Crippen molar-refractivity contribution in [2.75, 3.05) is 19.4 Å². The molecule has 1 amide bonds. The van der Waals surface area contributed by atoms with Crippen LogP contribution in [0.15, 0.2) is 18.3 Å². The van der Waals surface area contributed by atoms with Gasteiger partial charge in [-0.15, -0.1) is 0 Å². The number of nitrogens with zero attached hydrogens (tertiary/aromatic N) is 2. The van der Waals surface area contributed by atoms with Crippen molar-refractivity contribution in [3.63, 3.8) is 0 Å². The Morgan fingerprint density at radius 2 is 2.19 bits per heavy atom. The number of aromatic nitrogens is 1. The first-order valence-electron chi connectivity index (χ1n) is 5.52. The highest BCUT2D eigenvalue weighted by Crippen LogP contribution is 2.31. The Kier molecular flexibility index (Phi) is 2.81. The number of pyridine rings is 1. The van der Waals surface area contributed by atoms with E-state index in [2.05, 4.69) is 17.2 Å². The van der Waals surface area contributed by atoms with Crippen LogP contribution in [0.5, 0.6) is 0 Å². The molecule has 4 heteroatoms. The largest absolute Gasteiger partial charge is 0.367 e. The van der Waals surface area contributed by atoms with Gasteiger partial charge in [0.25, 0.3) is 5.91 Å². The predicted molar refractivity (Wildman–Crippen MR) is 63.4 cm³/mol. The number of hydrogen-bond donors (Lipinski definition) is 1. The molecule has 0 radical (unpaired) electrons. The molecule has 1 heterocycles. The second kappa shape index (κ2) is 4.12. The molecule has 2 atom stereocenters. The lowest BCUT2D eigenvalue weighted by Crippen LogP contribution is -2.21. The van der Waals surface area contributed by atoms with Crippen LogP contribution in [0.25, 0.3) is 0 Å². The summed E-state index contributed by atoms with van der Waals surface area (Å²) in [6.07, 6.45) is 2.83. The van der Waals surface area contributed by atoms with Crippen LogP contribution in [-0.2, 0) is 0 Å². The summed E-state index contributed by atoms with van der Waals surface area (Å²) in [6.45, 7) is 2.21.